The molecule has 0 aliphatic rings. The third kappa shape index (κ3) is 3.35. The van der Waals surface area contributed by atoms with E-state index in [4.69, 9.17) is 5.26 Å². The van der Waals surface area contributed by atoms with E-state index in [1.165, 1.54) is 12.1 Å². The van der Waals surface area contributed by atoms with E-state index in [0.717, 1.165) is 9.64 Å². The first-order valence-corrected chi connectivity index (χ1v) is 7.34. The van der Waals surface area contributed by atoms with E-state index < -0.39 is 11.7 Å². The predicted octanol–water partition coefficient (Wildman–Crippen LogP) is 4.32. The third-order valence-electron chi connectivity index (χ3n) is 2.52. The van der Waals surface area contributed by atoms with Gasteiger partial charge in [0.2, 0.25) is 0 Å². The van der Waals surface area contributed by atoms with Crippen molar-refractivity contribution < 1.29 is 9.18 Å². The molecule has 0 atom stereocenters. The molecule has 0 saturated carbocycles. The molecule has 0 unspecified atom stereocenters. The second kappa shape index (κ2) is 6.33. The van der Waals surface area contributed by atoms with Crippen LogP contribution in [0, 0.1) is 20.7 Å². The van der Waals surface area contributed by atoms with Gasteiger partial charge in [-0.05, 0) is 74.9 Å². The van der Waals surface area contributed by atoms with Crippen LogP contribution in [0.2, 0.25) is 0 Å². The van der Waals surface area contributed by atoms with Crippen LogP contribution in [0.5, 0.6) is 0 Å². The lowest BCUT2D eigenvalue weighted by Gasteiger charge is -2.08. The Labute approximate surface area is 137 Å². The number of halogens is 3. The van der Waals surface area contributed by atoms with Crippen molar-refractivity contribution in [1.82, 2.24) is 0 Å². The maximum atomic E-state index is 13.7. The minimum absolute atomic E-state index is 0.0414. The SMILES string of the molecule is N#Cc1ccc(NC(=O)c2cc(I)ccc2Br)c(F)c1. The number of carbonyl (C=O) groups excluding carboxylic acids is 1. The fourth-order valence-corrected chi connectivity index (χ4v) is 2.47. The van der Waals surface area contributed by atoms with Gasteiger partial charge in [-0.15, -0.1) is 0 Å². The first-order chi connectivity index (χ1) is 9.51. The second-order valence-electron chi connectivity index (χ2n) is 3.88. The molecule has 2 aromatic rings. The number of benzene rings is 2. The summed E-state index contributed by atoms with van der Waals surface area (Å²) in [4.78, 5) is 12.1. The molecule has 0 aliphatic carbocycles. The molecule has 0 radical (unpaired) electrons. The molecular weight excluding hydrogens is 438 g/mol. The number of hydrogen-bond donors (Lipinski definition) is 1. The number of amides is 1. The minimum atomic E-state index is -0.640. The monoisotopic (exact) mass is 444 g/mol. The molecule has 0 aromatic heterocycles. The van der Waals surface area contributed by atoms with Gasteiger partial charge in [-0.25, -0.2) is 4.39 Å². The van der Waals surface area contributed by atoms with E-state index in [-0.39, 0.29) is 11.3 Å². The number of nitriles is 1. The molecule has 20 heavy (non-hydrogen) atoms. The highest BCUT2D eigenvalue weighted by molar-refractivity contribution is 14.1. The van der Waals surface area contributed by atoms with E-state index in [2.05, 4.69) is 43.8 Å². The molecule has 0 bridgehead atoms. The maximum Gasteiger partial charge on any atom is 0.256 e. The summed E-state index contributed by atoms with van der Waals surface area (Å²) in [5, 5.41) is 11.2. The van der Waals surface area contributed by atoms with E-state index in [9.17, 15) is 9.18 Å². The molecule has 100 valence electrons. The van der Waals surface area contributed by atoms with Crippen LogP contribution in [0.1, 0.15) is 15.9 Å². The van der Waals surface area contributed by atoms with Crippen molar-refractivity contribution >= 4 is 50.1 Å². The summed E-state index contributed by atoms with van der Waals surface area (Å²) in [6, 6.07) is 11.0. The van der Waals surface area contributed by atoms with Gasteiger partial charge in [0.1, 0.15) is 5.82 Å². The number of hydrogen-bond acceptors (Lipinski definition) is 2. The molecule has 0 fully saturated rings. The molecular formula is C14H7BrFIN2O. The largest absolute Gasteiger partial charge is 0.319 e. The third-order valence-corrected chi connectivity index (χ3v) is 3.88. The Bertz CT molecular complexity index is 728. The predicted molar refractivity (Wildman–Crippen MR) is 85.9 cm³/mol. The molecule has 0 heterocycles. The molecule has 1 amide bonds. The van der Waals surface area contributed by atoms with E-state index >= 15 is 0 Å². The van der Waals surface area contributed by atoms with Crippen LogP contribution < -0.4 is 5.32 Å². The van der Waals surface area contributed by atoms with Crippen molar-refractivity contribution in [3.8, 4) is 6.07 Å². The zero-order valence-electron chi connectivity index (χ0n) is 9.95. The lowest BCUT2D eigenvalue weighted by atomic mass is 10.2. The van der Waals surface area contributed by atoms with Crippen molar-refractivity contribution in [2.24, 2.45) is 0 Å². The average molecular weight is 445 g/mol. The molecule has 2 aromatic carbocycles. The summed E-state index contributed by atoms with van der Waals surface area (Å²) >= 11 is 5.38. The normalized spacial score (nSPS) is 9.90. The van der Waals surface area contributed by atoms with E-state index in [0.29, 0.717) is 10.0 Å². The zero-order chi connectivity index (χ0) is 14.7. The second-order valence-corrected chi connectivity index (χ2v) is 5.98. The molecule has 2 rings (SSSR count). The summed E-state index contributed by atoms with van der Waals surface area (Å²) < 4.78 is 15.2. The Morgan fingerprint density at radius 2 is 2.05 bits per heavy atom. The van der Waals surface area contributed by atoms with E-state index in [1.807, 2.05) is 12.1 Å². The van der Waals surface area contributed by atoms with E-state index in [1.54, 1.807) is 12.1 Å². The van der Waals surface area contributed by atoms with Crippen LogP contribution >= 0.6 is 38.5 Å². The molecule has 0 aliphatic heterocycles. The first-order valence-electron chi connectivity index (χ1n) is 5.47. The van der Waals surface area contributed by atoms with Crippen molar-refractivity contribution in [1.29, 1.82) is 5.26 Å². The Kier molecular flexibility index (Phi) is 4.73. The topological polar surface area (TPSA) is 52.9 Å². The van der Waals surface area contributed by atoms with Crippen molar-refractivity contribution in [2.75, 3.05) is 5.32 Å². The molecule has 0 saturated heterocycles. The van der Waals surface area contributed by atoms with Gasteiger partial charge in [0.05, 0.1) is 22.9 Å². The Morgan fingerprint density at radius 3 is 2.70 bits per heavy atom. The van der Waals surface area contributed by atoms with Crippen LogP contribution in [-0.2, 0) is 0 Å². The number of carbonyl (C=O) groups is 1. The van der Waals surface area contributed by atoms with Crippen LogP contribution in [-0.4, -0.2) is 5.91 Å². The number of rotatable bonds is 2. The van der Waals surface area contributed by atoms with Gasteiger partial charge in [-0.1, -0.05) is 0 Å². The Morgan fingerprint density at radius 1 is 1.30 bits per heavy atom. The van der Waals surface area contributed by atoms with Gasteiger partial charge >= 0.3 is 0 Å². The van der Waals surface area contributed by atoms with Crippen molar-refractivity contribution in [3.63, 3.8) is 0 Å². The molecule has 0 spiro atoms. The summed E-state index contributed by atoms with van der Waals surface area (Å²) in [6.07, 6.45) is 0. The lowest BCUT2D eigenvalue weighted by molar-refractivity contribution is 0.102. The van der Waals surface area contributed by atoms with Gasteiger partial charge in [0, 0.05) is 8.04 Å². The highest BCUT2D eigenvalue weighted by Gasteiger charge is 2.13. The standard InChI is InChI=1S/C14H7BrFIN2O/c15-11-3-2-9(17)6-10(11)14(20)19-13-4-1-8(7-18)5-12(13)16/h1-6H,(H,19,20). The number of nitrogens with zero attached hydrogens (tertiary/aromatic N) is 1. The lowest BCUT2D eigenvalue weighted by Crippen LogP contribution is -2.14. The minimum Gasteiger partial charge on any atom is -0.319 e. The number of anilines is 1. The van der Waals surface area contributed by atoms with Gasteiger partial charge in [0.25, 0.3) is 5.91 Å². The number of nitrogens with one attached hydrogen (secondary N) is 1. The summed E-state index contributed by atoms with van der Waals surface area (Å²) in [6.45, 7) is 0. The van der Waals surface area contributed by atoms with Crippen LogP contribution in [0.4, 0.5) is 10.1 Å². The zero-order valence-corrected chi connectivity index (χ0v) is 13.7. The first kappa shape index (κ1) is 14.9. The van der Waals surface area contributed by atoms with Crippen LogP contribution in [0.3, 0.4) is 0 Å². The molecule has 1 N–H and O–H groups in total. The van der Waals surface area contributed by atoms with Gasteiger partial charge < -0.3 is 5.32 Å². The maximum absolute atomic E-state index is 13.7. The fourth-order valence-electron chi connectivity index (χ4n) is 1.55. The van der Waals surface area contributed by atoms with Crippen molar-refractivity contribution in [3.05, 3.63) is 61.4 Å². The van der Waals surface area contributed by atoms with Gasteiger partial charge in [-0.3, -0.25) is 4.79 Å². The fraction of sp³-hybridized carbons (Fsp3) is 0. The Balaban J connectivity index is 2.28. The van der Waals surface area contributed by atoms with Crippen LogP contribution in [0.15, 0.2) is 40.9 Å². The highest BCUT2D eigenvalue weighted by atomic mass is 127. The highest BCUT2D eigenvalue weighted by Crippen LogP contribution is 2.22. The quantitative estimate of drug-likeness (QED) is 0.701. The molecule has 6 heteroatoms. The molecule has 3 nitrogen and oxygen atoms in total. The smallest absolute Gasteiger partial charge is 0.256 e. The summed E-state index contributed by atoms with van der Waals surface area (Å²) in [5.74, 6) is -1.06. The van der Waals surface area contributed by atoms with Gasteiger partial charge in [-0.2, -0.15) is 5.26 Å². The summed E-state index contributed by atoms with van der Waals surface area (Å²) in [5.41, 5.74) is 0.663. The Hall–Kier alpha value is -1.46. The summed E-state index contributed by atoms with van der Waals surface area (Å²) in [7, 11) is 0. The van der Waals surface area contributed by atoms with Gasteiger partial charge in [0.15, 0.2) is 0 Å². The van der Waals surface area contributed by atoms with Crippen molar-refractivity contribution in [2.45, 2.75) is 0 Å². The van der Waals surface area contributed by atoms with Crippen LogP contribution in [0.25, 0.3) is 0 Å². The average Bonchev–Trinajstić information content (AvgIpc) is 2.43.